The van der Waals surface area contributed by atoms with E-state index in [1.807, 2.05) is 60.1 Å². The van der Waals surface area contributed by atoms with Crippen LogP contribution in [0.3, 0.4) is 0 Å². The molecule has 1 aliphatic rings. The number of hydrogen-bond donors (Lipinski definition) is 0. The molecule has 0 N–H and O–H groups in total. The van der Waals surface area contributed by atoms with E-state index in [9.17, 15) is 4.79 Å². The lowest BCUT2D eigenvalue weighted by Gasteiger charge is -2.26. The molecule has 5 rings (SSSR count). The molecule has 1 heterocycles. The SMILES string of the molecule is COC(CN(Cc1nc2ccccc2n1C)C(=O)OCC1c2ccccc2-c2ccccc21)OC. The molecule has 3 aromatic carbocycles. The fourth-order valence-corrected chi connectivity index (χ4v) is 4.82. The molecule has 0 atom stereocenters. The summed E-state index contributed by atoms with van der Waals surface area (Å²) in [5.41, 5.74) is 6.63. The van der Waals surface area contributed by atoms with Crippen LogP contribution in [0.4, 0.5) is 4.79 Å². The molecule has 0 saturated heterocycles. The largest absolute Gasteiger partial charge is 0.448 e. The fourth-order valence-electron chi connectivity index (χ4n) is 4.82. The highest BCUT2D eigenvalue weighted by Crippen LogP contribution is 2.44. The summed E-state index contributed by atoms with van der Waals surface area (Å²) in [7, 11) is 5.06. The Labute approximate surface area is 204 Å². The number of rotatable bonds is 8. The van der Waals surface area contributed by atoms with Crippen LogP contribution >= 0.6 is 0 Å². The van der Waals surface area contributed by atoms with Crippen molar-refractivity contribution in [3.8, 4) is 11.1 Å². The zero-order valence-electron chi connectivity index (χ0n) is 20.2. The van der Waals surface area contributed by atoms with Crippen molar-refractivity contribution in [3.63, 3.8) is 0 Å². The van der Waals surface area contributed by atoms with Crippen LogP contribution in [0.5, 0.6) is 0 Å². The van der Waals surface area contributed by atoms with E-state index < -0.39 is 12.4 Å². The minimum absolute atomic E-state index is 0.00963. The summed E-state index contributed by atoms with van der Waals surface area (Å²) < 4.78 is 18.7. The van der Waals surface area contributed by atoms with Crippen LogP contribution in [0.1, 0.15) is 22.9 Å². The van der Waals surface area contributed by atoms with Gasteiger partial charge in [0, 0.05) is 27.2 Å². The molecule has 0 aliphatic heterocycles. The van der Waals surface area contributed by atoms with Gasteiger partial charge in [0.15, 0.2) is 6.29 Å². The predicted octanol–water partition coefficient (Wildman–Crippen LogP) is 4.94. The number of benzene rings is 3. The van der Waals surface area contributed by atoms with Crippen LogP contribution in [0.15, 0.2) is 72.8 Å². The number of aryl methyl sites for hydroxylation is 1. The Morgan fingerprint density at radius 3 is 2.17 bits per heavy atom. The lowest BCUT2D eigenvalue weighted by Crippen LogP contribution is -2.40. The van der Waals surface area contributed by atoms with E-state index in [0.29, 0.717) is 0 Å². The Hall–Kier alpha value is -3.68. The van der Waals surface area contributed by atoms with Crippen molar-refractivity contribution in [2.45, 2.75) is 18.8 Å². The van der Waals surface area contributed by atoms with Gasteiger partial charge in [-0.05, 0) is 34.4 Å². The van der Waals surface area contributed by atoms with E-state index in [0.717, 1.165) is 16.9 Å². The maximum atomic E-state index is 13.4. The number of amides is 1. The van der Waals surface area contributed by atoms with Gasteiger partial charge >= 0.3 is 6.09 Å². The Bertz CT molecular complexity index is 1300. The zero-order chi connectivity index (χ0) is 24.4. The summed E-state index contributed by atoms with van der Waals surface area (Å²) in [4.78, 5) is 19.7. The van der Waals surface area contributed by atoms with Gasteiger partial charge in [0.25, 0.3) is 0 Å². The minimum Gasteiger partial charge on any atom is -0.448 e. The standard InChI is InChI=1S/C28H29N3O4/c1-30-25-15-9-8-14-24(25)29-26(30)16-31(17-27(33-2)34-3)28(32)35-18-23-21-12-6-4-10-19(21)20-11-5-7-13-22(20)23/h4-15,23,27H,16-18H2,1-3H3. The lowest BCUT2D eigenvalue weighted by molar-refractivity contribution is -0.114. The van der Waals surface area contributed by atoms with Crippen molar-refractivity contribution in [1.29, 1.82) is 0 Å². The quantitative estimate of drug-likeness (QED) is 0.341. The summed E-state index contributed by atoms with van der Waals surface area (Å²) in [6.07, 6.45) is -1.01. The highest BCUT2D eigenvalue weighted by molar-refractivity contribution is 5.79. The second-order valence-electron chi connectivity index (χ2n) is 8.66. The van der Waals surface area contributed by atoms with Gasteiger partial charge in [-0.15, -0.1) is 0 Å². The van der Waals surface area contributed by atoms with Crippen LogP contribution < -0.4 is 0 Å². The van der Waals surface area contributed by atoms with Crippen molar-refractivity contribution in [2.75, 3.05) is 27.4 Å². The number of imidazole rings is 1. The monoisotopic (exact) mass is 471 g/mol. The van der Waals surface area contributed by atoms with Gasteiger partial charge in [0.05, 0.1) is 24.1 Å². The zero-order valence-corrected chi connectivity index (χ0v) is 20.2. The van der Waals surface area contributed by atoms with Crippen molar-refractivity contribution < 1.29 is 19.0 Å². The Morgan fingerprint density at radius 2 is 1.54 bits per heavy atom. The third-order valence-corrected chi connectivity index (χ3v) is 6.70. The molecule has 1 amide bonds. The topological polar surface area (TPSA) is 65.8 Å². The molecule has 0 fully saturated rings. The number of ether oxygens (including phenoxy) is 3. The Balaban J connectivity index is 1.37. The number of hydrogen-bond acceptors (Lipinski definition) is 5. The molecule has 180 valence electrons. The molecule has 7 nitrogen and oxygen atoms in total. The first kappa shape index (κ1) is 23.1. The molecule has 0 unspecified atom stereocenters. The van der Waals surface area contributed by atoms with Crippen molar-refractivity contribution in [1.82, 2.24) is 14.5 Å². The number of nitrogens with zero attached hydrogens (tertiary/aromatic N) is 3. The summed E-state index contributed by atoms with van der Waals surface area (Å²) in [5, 5.41) is 0. The highest BCUT2D eigenvalue weighted by Gasteiger charge is 2.30. The van der Waals surface area contributed by atoms with Gasteiger partial charge in [0.1, 0.15) is 12.4 Å². The Morgan fingerprint density at radius 1 is 0.943 bits per heavy atom. The molecular weight excluding hydrogens is 442 g/mol. The predicted molar refractivity (Wildman–Crippen MR) is 134 cm³/mol. The molecule has 0 spiro atoms. The van der Waals surface area contributed by atoms with Crippen LogP contribution in [-0.2, 0) is 27.8 Å². The van der Waals surface area contributed by atoms with Gasteiger partial charge < -0.3 is 18.8 Å². The van der Waals surface area contributed by atoms with Gasteiger partial charge in [-0.2, -0.15) is 0 Å². The van der Waals surface area contributed by atoms with E-state index in [4.69, 9.17) is 19.2 Å². The van der Waals surface area contributed by atoms with Crippen molar-refractivity contribution >= 4 is 17.1 Å². The second kappa shape index (κ2) is 9.90. The summed E-state index contributed by atoms with van der Waals surface area (Å²) in [6, 6.07) is 24.5. The van der Waals surface area contributed by atoms with Crippen LogP contribution in [0.2, 0.25) is 0 Å². The first-order valence-electron chi connectivity index (χ1n) is 11.7. The Kier molecular flexibility index (Phi) is 6.53. The van der Waals surface area contributed by atoms with E-state index in [2.05, 4.69) is 24.3 Å². The van der Waals surface area contributed by atoms with E-state index >= 15 is 0 Å². The van der Waals surface area contributed by atoms with Crippen LogP contribution in [0.25, 0.3) is 22.2 Å². The minimum atomic E-state index is -0.579. The molecule has 35 heavy (non-hydrogen) atoms. The van der Waals surface area contributed by atoms with Gasteiger partial charge in [-0.1, -0.05) is 60.7 Å². The average Bonchev–Trinajstić information content (AvgIpc) is 3.39. The van der Waals surface area contributed by atoms with Crippen LogP contribution in [-0.4, -0.2) is 54.2 Å². The third-order valence-electron chi connectivity index (χ3n) is 6.70. The average molecular weight is 472 g/mol. The van der Waals surface area contributed by atoms with Crippen molar-refractivity contribution in [2.24, 2.45) is 7.05 Å². The van der Waals surface area contributed by atoms with E-state index in [-0.39, 0.29) is 25.6 Å². The molecule has 1 aromatic heterocycles. The lowest BCUT2D eigenvalue weighted by atomic mass is 9.98. The van der Waals surface area contributed by atoms with Gasteiger partial charge in [-0.25, -0.2) is 9.78 Å². The molecular formula is C28H29N3O4. The number of carbonyl (C=O) groups is 1. The fraction of sp³-hybridized carbons (Fsp3) is 0.286. The summed E-state index contributed by atoms with van der Waals surface area (Å²) in [6.45, 7) is 0.731. The molecule has 0 saturated carbocycles. The maximum Gasteiger partial charge on any atom is 0.410 e. The van der Waals surface area contributed by atoms with E-state index in [1.54, 1.807) is 19.1 Å². The van der Waals surface area contributed by atoms with Gasteiger partial charge in [-0.3, -0.25) is 4.90 Å². The molecule has 0 radical (unpaired) electrons. The number of carbonyl (C=O) groups excluding carboxylic acids is 1. The molecule has 0 bridgehead atoms. The second-order valence-corrected chi connectivity index (χ2v) is 8.66. The van der Waals surface area contributed by atoms with Gasteiger partial charge in [0.2, 0.25) is 0 Å². The number of methoxy groups -OCH3 is 2. The molecule has 1 aliphatic carbocycles. The molecule has 4 aromatic rings. The third kappa shape index (κ3) is 4.40. The molecule has 7 heteroatoms. The van der Waals surface area contributed by atoms with E-state index in [1.165, 1.54) is 22.3 Å². The van der Waals surface area contributed by atoms with Crippen molar-refractivity contribution in [3.05, 3.63) is 89.7 Å². The first-order chi connectivity index (χ1) is 17.1. The normalized spacial score (nSPS) is 12.7. The summed E-state index contributed by atoms with van der Waals surface area (Å²) in [5.74, 6) is 0.746. The smallest absolute Gasteiger partial charge is 0.410 e. The highest BCUT2D eigenvalue weighted by atomic mass is 16.7. The number of fused-ring (bicyclic) bond motifs is 4. The summed E-state index contributed by atoms with van der Waals surface area (Å²) >= 11 is 0. The van der Waals surface area contributed by atoms with Crippen LogP contribution in [0, 0.1) is 0 Å². The maximum absolute atomic E-state index is 13.4. The number of para-hydroxylation sites is 2. The first-order valence-corrected chi connectivity index (χ1v) is 11.7. The number of aromatic nitrogens is 2.